The van der Waals surface area contributed by atoms with Crippen LogP contribution in [0.4, 0.5) is 4.79 Å². The maximum absolute atomic E-state index is 14.3. The van der Waals surface area contributed by atoms with Gasteiger partial charge in [0.15, 0.2) is 5.01 Å². The predicted molar refractivity (Wildman–Crippen MR) is 184 cm³/mol. The van der Waals surface area contributed by atoms with Crippen LogP contribution >= 0.6 is 11.3 Å². The number of ether oxygens (including phenoxy) is 2. The van der Waals surface area contributed by atoms with Gasteiger partial charge >= 0.3 is 12.1 Å². The van der Waals surface area contributed by atoms with Crippen LogP contribution in [-0.2, 0) is 19.1 Å². The highest BCUT2D eigenvalue weighted by Gasteiger charge is 2.62. The summed E-state index contributed by atoms with van der Waals surface area (Å²) in [6.45, 7) is 5.88. The number of methoxy groups -OCH3 is 1. The number of carboxylic acids is 1. The van der Waals surface area contributed by atoms with E-state index in [4.69, 9.17) is 9.47 Å². The smallest absolute Gasteiger partial charge is 0.408 e. The lowest BCUT2D eigenvalue weighted by Gasteiger charge is -2.32. The Kier molecular flexibility index (Phi) is 9.93. The Balaban J connectivity index is 1.25. The highest BCUT2D eigenvalue weighted by molar-refractivity contribution is 7.12. The molecule has 13 nitrogen and oxygen atoms in total. The first-order valence-electron chi connectivity index (χ1n) is 17.2. The van der Waals surface area contributed by atoms with Crippen molar-refractivity contribution in [2.45, 2.75) is 82.5 Å². The zero-order valence-electron chi connectivity index (χ0n) is 28.8. The lowest BCUT2D eigenvalue weighted by atomic mass is 9.93. The van der Waals surface area contributed by atoms with Gasteiger partial charge in [0, 0.05) is 48.3 Å². The number of amides is 4. The van der Waals surface area contributed by atoms with Crippen LogP contribution in [-0.4, -0.2) is 99.6 Å². The number of nitrogens with one attached hydrogen (secondary N) is 2. The van der Waals surface area contributed by atoms with Crippen molar-refractivity contribution in [2.75, 3.05) is 26.7 Å². The summed E-state index contributed by atoms with van der Waals surface area (Å²) in [5.41, 5.74) is -0.729. The maximum atomic E-state index is 14.3. The number of fused-ring (bicyclic) bond motifs is 4. The normalized spacial score (nSPS) is 29.0. The second kappa shape index (κ2) is 14.0. The minimum atomic E-state index is -1.46. The van der Waals surface area contributed by atoms with Gasteiger partial charge in [-0.2, -0.15) is 0 Å². The van der Waals surface area contributed by atoms with Gasteiger partial charge in [-0.05, 0) is 70.7 Å². The molecular weight excluding hydrogens is 662 g/mol. The van der Waals surface area contributed by atoms with Crippen LogP contribution in [0, 0.1) is 17.8 Å². The number of benzene rings is 1. The molecule has 3 N–H and O–H groups in total. The van der Waals surface area contributed by atoms with E-state index >= 15 is 0 Å². The number of alkyl carbamates (subject to hydrolysis) is 1. The molecule has 4 aliphatic rings. The van der Waals surface area contributed by atoms with Crippen molar-refractivity contribution in [1.29, 1.82) is 0 Å². The minimum absolute atomic E-state index is 0.177. The summed E-state index contributed by atoms with van der Waals surface area (Å²) in [7, 11) is 1.59. The molecule has 0 unspecified atom stereocenters. The first kappa shape index (κ1) is 35.4. The molecule has 2 saturated heterocycles. The molecule has 3 aliphatic heterocycles. The van der Waals surface area contributed by atoms with Crippen molar-refractivity contribution in [3.63, 3.8) is 0 Å². The summed E-state index contributed by atoms with van der Waals surface area (Å²) in [6, 6.07) is 5.42. The molecule has 0 bridgehead atoms. The third-order valence-electron chi connectivity index (χ3n) is 10.0. The molecule has 1 aliphatic carbocycles. The van der Waals surface area contributed by atoms with Crippen molar-refractivity contribution < 1.29 is 38.6 Å². The summed E-state index contributed by atoms with van der Waals surface area (Å²) in [5.74, 6) is -2.71. The number of carbonyl (C=O) groups excluding carboxylic acids is 4. The van der Waals surface area contributed by atoms with Gasteiger partial charge in [-0.25, -0.2) is 14.6 Å². The van der Waals surface area contributed by atoms with Crippen molar-refractivity contribution in [3.8, 4) is 17.0 Å². The fraction of sp³-hybridized carbons (Fsp3) is 0.556. The van der Waals surface area contributed by atoms with Crippen molar-refractivity contribution in [3.05, 3.63) is 46.8 Å². The quantitative estimate of drug-likeness (QED) is 0.388. The van der Waals surface area contributed by atoms with E-state index in [2.05, 4.69) is 15.6 Å². The number of hydrogen-bond acceptors (Lipinski definition) is 9. The number of hydrogen-bond donors (Lipinski definition) is 3. The SMILES string of the molecule is COc1ccc(-c2csc(C(=O)N3C[C@H]4CN5C(=O)[C@H](NC(=O)OC(C)(C)C)CCCCC/C=C\[C@@H]6C[C@@]6(C(=O)O)NC(=O)[C@@H]5[C@H]4C3)n2)cc1. The summed E-state index contributed by atoms with van der Waals surface area (Å²) in [5, 5.41) is 17.9. The molecule has 2 aromatic rings. The minimum Gasteiger partial charge on any atom is -0.497 e. The average Bonchev–Trinajstić information content (AvgIpc) is 3.39. The molecule has 50 heavy (non-hydrogen) atoms. The number of rotatable bonds is 5. The number of thiazole rings is 1. The molecule has 1 saturated carbocycles. The van der Waals surface area contributed by atoms with Gasteiger partial charge in [-0.1, -0.05) is 25.0 Å². The van der Waals surface area contributed by atoms with Gasteiger partial charge in [0.2, 0.25) is 11.8 Å². The van der Waals surface area contributed by atoms with Gasteiger partial charge in [0.1, 0.15) is 29.0 Å². The topological polar surface area (TPSA) is 167 Å². The van der Waals surface area contributed by atoms with E-state index in [0.717, 1.165) is 24.8 Å². The van der Waals surface area contributed by atoms with E-state index < -0.39 is 53.0 Å². The number of allylic oxidation sites excluding steroid dienone is 1. The van der Waals surface area contributed by atoms with E-state index in [1.807, 2.05) is 41.8 Å². The van der Waals surface area contributed by atoms with Gasteiger partial charge in [-0.3, -0.25) is 14.4 Å². The van der Waals surface area contributed by atoms with Gasteiger partial charge in [0.05, 0.1) is 12.8 Å². The molecule has 0 radical (unpaired) electrons. The molecule has 3 fully saturated rings. The Hall–Kier alpha value is -4.46. The van der Waals surface area contributed by atoms with Crippen LogP contribution in [0.5, 0.6) is 5.75 Å². The van der Waals surface area contributed by atoms with Crippen molar-refractivity contribution >= 4 is 41.1 Å². The van der Waals surface area contributed by atoms with E-state index in [1.54, 1.807) is 32.8 Å². The van der Waals surface area contributed by atoms with Gasteiger partial charge in [0.25, 0.3) is 5.91 Å². The number of aromatic nitrogens is 1. The Morgan fingerprint density at radius 3 is 2.54 bits per heavy atom. The molecule has 0 spiro atoms. The first-order valence-corrected chi connectivity index (χ1v) is 18.1. The standard InChI is InChI=1S/C36H45N5O8S/c1-35(2,3)49-34(47)38-26-11-9-7-5-6-8-10-23-16-36(23,33(45)46)39-29(42)28-25-19-40(17-22(25)18-41(28)31(26)43)32(44)30-37-27(20-50-30)21-12-14-24(48-4)15-13-21/h8,10,12-15,20,22-23,25-26,28H,5-7,9,11,16-19H2,1-4H3,(H,38,47)(H,39,42)(H,45,46)/b10-8-/t22-,23+,25-,26+,28-,36+/m0/s1. The summed E-state index contributed by atoms with van der Waals surface area (Å²) >= 11 is 1.24. The van der Waals surface area contributed by atoms with Crippen molar-refractivity contribution in [1.82, 2.24) is 25.4 Å². The van der Waals surface area contributed by atoms with Crippen LogP contribution < -0.4 is 15.4 Å². The number of likely N-dealkylation sites (tertiary alicyclic amines) is 1. The lowest BCUT2D eigenvalue weighted by molar-refractivity contribution is -0.146. The zero-order valence-corrected chi connectivity index (χ0v) is 29.7. The first-order chi connectivity index (χ1) is 23.8. The summed E-state index contributed by atoms with van der Waals surface area (Å²) in [6.07, 6.45) is 6.75. The van der Waals surface area contributed by atoms with Crippen LogP contribution in [0.2, 0.25) is 0 Å². The van der Waals surface area contributed by atoms with E-state index in [1.165, 1.54) is 16.2 Å². The monoisotopic (exact) mass is 707 g/mol. The maximum Gasteiger partial charge on any atom is 0.408 e. The second-order valence-electron chi connectivity index (χ2n) is 14.7. The van der Waals surface area contributed by atoms with Crippen LogP contribution in [0.3, 0.4) is 0 Å². The van der Waals surface area contributed by atoms with Crippen LogP contribution in [0.15, 0.2) is 41.8 Å². The molecule has 1 aromatic carbocycles. The summed E-state index contributed by atoms with van der Waals surface area (Å²) < 4.78 is 10.7. The third kappa shape index (κ3) is 7.35. The van der Waals surface area contributed by atoms with E-state index in [9.17, 15) is 29.1 Å². The number of carbonyl (C=O) groups is 5. The largest absolute Gasteiger partial charge is 0.497 e. The average molecular weight is 708 g/mol. The second-order valence-corrected chi connectivity index (χ2v) is 15.5. The van der Waals surface area contributed by atoms with Crippen molar-refractivity contribution in [2.24, 2.45) is 17.8 Å². The van der Waals surface area contributed by atoms with E-state index in [0.29, 0.717) is 35.8 Å². The highest BCUT2D eigenvalue weighted by Crippen LogP contribution is 2.46. The fourth-order valence-corrected chi connectivity index (χ4v) is 8.18. The van der Waals surface area contributed by atoms with Gasteiger partial charge < -0.3 is 35.0 Å². The Morgan fingerprint density at radius 1 is 1.08 bits per heavy atom. The third-order valence-corrected chi connectivity index (χ3v) is 10.9. The Labute approximate surface area is 295 Å². The van der Waals surface area contributed by atoms with Gasteiger partial charge in [-0.15, -0.1) is 11.3 Å². The lowest BCUT2D eigenvalue weighted by Crippen LogP contribution is -2.58. The number of aliphatic carboxylic acids is 1. The molecule has 6 atom stereocenters. The predicted octanol–water partition coefficient (Wildman–Crippen LogP) is 4.09. The Morgan fingerprint density at radius 2 is 1.84 bits per heavy atom. The van der Waals surface area contributed by atoms with Crippen LogP contribution in [0.1, 0.15) is 69.1 Å². The number of nitrogens with zero attached hydrogens (tertiary/aromatic N) is 3. The molecule has 4 amide bonds. The summed E-state index contributed by atoms with van der Waals surface area (Å²) in [4.78, 5) is 75.4. The number of carboxylic acid groups (broad SMARTS) is 1. The van der Waals surface area contributed by atoms with Crippen LogP contribution in [0.25, 0.3) is 11.3 Å². The molecule has 4 heterocycles. The molecular formula is C36H45N5O8S. The molecule has 1 aromatic heterocycles. The fourth-order valence-electron chi connectivity index (χ4n) is 7.39. The highest BCUT2D eigenvalue weighted by atomic mass is 32.1. The zero-order chi connectivity index (χ0) is 35.8. The molecule has 14 heteroatoms. The molecule has 268 valence electrons. The van der Waals surface area contributed by atoms with E-state index in [-0.39, 0.29) is 37.3 Å². The molecule has 6 rings (SSSR count). The Bertz CT molecular complexity index is 1670.